The molecule has 1 aromatic heterocycles. The smallest absolute Gasteiger partial charge is 0.329 e. The number of carbonyl (C=O) groups is 5. The summed E-state index contributed by atoms with van der Waals surface area (Å²) >= 11 is 0. The summed E-state index contributed by atoms with van der Waals surface area (Å²) in [4.78, 5) is 59.3. The number of nitrogens with one attached hydrogen (secondary N) is 2. The number of hydrogen-bond donors (Lipinski definition) is 3. The van der Waals surface area contributed by atoms with Crippen molar-refractivity contribution in [1.29, 1.82) is 0 Å². The molecule has 0 aliphatic carbocycles. The van der Waals surface area contributed by atoms with Gasteiger partial charge in [-0.3, -0.25) is 24.0 Å². The van der Waals surface area contributed by atoms with E-state index < -0.39 is 83.9 Å². The molecule has 1 amide bonds. The van der Waals surface area contributed by atoms with Crippen molar-refractivity contribution in [1.82, 2.24) is 5.32 Å². The van der Waals surface area contributed by atoms with Crippen molar-refractivity contribution in [2.75, 3.05) is 6.61 Å². The summed E-state index contributed by atoms with van der Waals surface area (Å²) in [7, 11) is 0. The van der Waals surface area contributed by atoms with Crippen molar-refractivity contribution in [3.63, 3.8) is 0 Å². The zero-order valence-corrected chi connectivity index (χ0v) is 18.6. The van der Waals surface area contributed by atoms with E-state index in [4.69, 9.17) is 33.3 Å². The summed E-state index contributed by atoms with van der Waals surface area (Å²) in [6.07, 6.45) is -5.72. The zero-order valence-electron chi connectivity index (χ0n) is 18.6. The van der Waals surface area contributed by atoms with Gasteiger partial charge in [-0.25, -0.2) is 5.21 Å². The van der Waals surface area contributed by atoms with Gasteiger partial charge in [0, 0.05) is 33.8 Å². The number of ether oxygens (including phenoxy) is 5. The molecule has 0 bridgehead atoms. The van der Waals surface area contributed by atoms with Crippen LogP contribution in [-0.4, -0.2) is 72.2 Å². The molecule has 0 aromatic carbocycles. The first-order valence-electron chi connectivity index (χ1n) is 9.83. The van der Waals surface area contributed by atoms with Gasteiger partial charge in [-0.05, 0) is 6.07 Å². The summed E-state index contributed by atoms with van der Waals surface area (Å²) in [6, 6.07) is 0.673. The van der Waals surface area contributed by atoms with Gasteiger partial charge >= 0.3 is 29.8 Å². The van der Waals surface area contributed by atoms with Crippen LogP contribution in [-0.2, 0) is 42.9 Å². The molecular formula is C19H24N2O13. The van der Waals surface area contributed by atoms with E-state index in [2.05, 4.69) is 5.32 Å². The van der Waals surface area contributed by atoms with Crippen molar-refractivity contribution in [2.45, 2.75) is 58.3 Å². The molecule has 3 N–H and O–H groups in total. The third-order valence-electron chi connectivity index (χ3n) is 4.32. The van der Waals surface area contributed by atoms with Gasteiger partial charge in [0.2, 0.25) is 6.29 Å². The van der Waals surface area contributed by atoms with Gasteiger partial charge in [0.1, 0.15) is 18.8 Å². The highest BCUT2D eigenvalue weighted by Crippen LogP contribution is 2.28. The highest BCUT2D eigenvalue weighted by molar-refractivity contribution is 5.92. The molecule has 6 atom stereocenters. The van der Waals surface area contributed by atoms with Crippen LogP contribution >= 0.6 is 0 Å². The molecule has 1 saturated heterocycles. The number of esters is 4. The Morgan fingerprint density at radius 1 is 0.971 bits per heavy atom. The fraction of sp³-hybridized carbons (Fsp3) is 0.526. The first kappa shape index (κ1) is 26.7. The standard InChI is InChI=1S/C19H24N2O13/c1-8(22)29-7-13-16(30-9(2)23)17(31-10(3)24)15(19(34-13)32-11(4)25)20-18(26)12-5-6-14(33-12)21(27)28/h5-6,13,15-17,19,21,27H,7H2,1-4H3,(H,20,26)/t13-,15-,16+,17+,19+/m0/s1. The number of rotatable bonds is 8. The van der Waals surface area contributed by atoms with Crippen LogP contribution in [0.15, 0.2) is 16.5 Å². The number of carbonyl (C=O) groups excluding carboxylic acids is 5. The van der Waals surface area contributed by atoms with E-state index in [1.165, 1.54) is 0 Å². The maximum absolute atomic E-state index is 12.7. The predicted molar refractivity (Wildman–Crippen MR) is 104 cm³/mol. The Kier molecular flexibility index (Phi) is 9.08. The SMILES string of the molecule is CC(=O)OC[C@@H]1O[C@@H](OC(C)=O)[C@@H](NC(=O)c2ccc([NH+]([O-])O)o2)[C@@H](OC(C)=O)[C@@H]1OC(C)=O. The first-order valence-corrected chi connectivity index (χ1v) is 9.83. The Morgan fingerprint density at radius 3 is 2.06 bits per heavy atom. The number of furan rings is 1. The molecule has 15 heteroatoms. The van der Waals surface area contributed by atoms with Crippen LogP contribution < -0.4 is 10.5 Å². The van der Waals surface area contributed by atoms with Crippen LogP contribution in [0.25, 0.3) is 0 Å². The fourth-order valence-corrected chi connectivity index (χ4v) is 3.12. The molecule has 15 nitrogen and oxygen atoms in total. The Balaban J connectivity index is 2.43. The van der Waals surface area contributed by atoms with E-state index in [1.807, 2.05) is 0 Å². The Bertz CT molecular complexity index is 927. The second-order valence-electron chi connectivity index (χ2n) is 7.07. The molecule has 1 fully saturated rings. The lowest BCUT2D eigenvalue weighted by Crippen LogP contribution is -2.99. The van der Waals surface area contributed by atoms with Crippen molar-refractivity contribution in [3.05, 3.63) is 23.1 Å². The van der Waals surface area contributed by atoms with E-state index >= 15 is 0 Å². The van der Waals surface area contributed by atoms with E-state index in [0.29, 0.717) is 0 Å². The lowest BCUT2D eigenvalue weighted by molar-refractivity contribution is -0.997. The molecular weight excluding hydrogens is 464 g/mol. The highest BCUT2D eigenvalue weighted by Gasteiger charge is 2.52. The maximum Gasteiger partial charge on any atom is 0.329 e. The van der Waals surface area contributed by atoms with Gasteiger partial charge in [-0.1, -0.05) is 0 Å². The summed E-state index contributed by atoms with van der Waals surface area (Å²) in [5, 5.41) is 21.0. The van der Waals surface area contributed by atoms with Crippen molar-refractivity contribution >= 4 is 35.7 Å². The Morgan fingerprint density at radius 2 is 1.56 bits per heavy atom. The minimum atomic E-state index is -1.59. The molecule has 0 spiro atoms. The van der Waals surface area contributed by atoms with Gasteiger partial charge < -0.3 is 38.6 Å². The zero-order chi connectivity index (χ0) is 25.6. The van der Waals surface area contributed by atoms with Gasteiger partial charge in [0.25, 0.3) is 5.91 Å². The lowest BCUT2D eigenvalue weighted by Gasteiger charge is -2.44. The monoisotopic (exact) mass is 488 g/mol. The molecule has 188 valence electrons. The van der Waals surface area contributed by atoms with Gasteiger partial charge in [0.15, 0.2) is 18.0 Å². The third-order valence-corrected chi connectivity index (χ3v) is 4.32. The van der Waals surface area contributed by atoms with Crippen LogP contribution in [0.2, 0.25) is 0 Å². The second-order valence-corrected chi connectivity index (χ2v) is 7.07. The van der Waals surface area contributed by atoms with Crippen molar-refractivity contribution < 1.29 is 62.5 Å². The third kappa shape index (κ3) is 7.24. The van der Waals surface area contributed by atoms with E-state index in [1.54, 1.807) is 0 Å². The summed E-state index contributed by atoms with van der Waals surface area (Å²) in [5.41, 5.74) is 0. The molecule has 2 heterocycles. The number of quaternary nitrogens is 1. The summed E-state index contributed by atoms with van der Waals surface area (Å²) in [5.74, 6) is -5.11. The van der Waals surface area contributed by atoms with Crippen LogP contribution in [0.5, 0.6) is 0 Å². The lowest BCUT2D eigenvalue weighted by atomic mass is 9.96. The Hall–Kier alpha value is -3.53. The quantitative estimate of drug-likeness (QED) is 0.217. The summed E-state index contributed by atoms with van der Waals surface area (Å²) < 4.78 is 31.1. The highest BCUT2D eigenvalue weighted by atomic mass is 16.8. The Labute approximate surface area is 192 Å². The fourth-order valence-electron chi connectivity index (χ4n) is 3.12. The predicted octanol–water partition coefficient (Wildman–Crippen LogP) is -1.50. The van der Waals surface area contributed by atoms with E-state index in [-0.39, 0.29) is 0 Å². The topological polar surface area (TPSA) is 204 Å². The molecule has 1 aliphatic heterocycles. The molecule has 0 saturated carbocycles. The minimum Gasteiger partial charge on any atom is -0.592 e. The molecule has 1 aromatic rings. The molecule has 0 radical (unpaired) electrons. The van der Waals surface area contributed by atoms with Crippen LogP contribution in [0, 0.1) is 5.21 Å². The molecule has 34 heavy (non-hydrogen) atoms. The average molecular weight is 488 g/mol. The number of hydrogen-bond acceptors (Lipinski definition) is 13. The van der Waals surface area contributed by atoms with Crippen molar-refractivity contribution in [2.24, 2.45) is 0 Å². The van der Waals surface area contributed by atoms with Gasteiger partial charge in [-0.15, -0.1) is 0 Å². The molecule has 1 unspecified atom stereocenters. The average Bonchev–Trinajstić information content (AvgIpc) is 3.20. The number of amides is 1. The minimum absolute atomic E-state index is 0.424. The van der Waals surface area contributed by atoms with E-state index in [0.717, 1.165) is 39.8 Å². The van der Waals surface area contributed by atoms with Gasteiger partial charge in [0.05, 0.1) is 0 Å². The molecule has 2 rings (SSSR count). The van der Waals surface area contributed by atoms with Crippen LogP contribution in [0.1, 0.15) is 38.2 Å². The maximum atomic E-state index is 12.7. The van der Waals surface area contributed by atoms with E-state index in [9.17, 15) is 29.2 Å². The van der Waals surface area contributed by atoms with Crippen LogP contribution in [0.4, 0.5) is 5.88 Å². The largest absolute Gasteiger partial charge is 0.592 e. The normalized spacial score (nSPS) is 24.9. The van der Waals surface area contributed by atoms with Gasteiger partial charge in [-0.2, -0.15) is 5.23 Å². The first-order chi connectivity index (χ1) is 15.9. The summed E-state index contributed by atoms with van der Waals surface area (Å²) in [6.45, 7) is 3.81. The van der Waals surface area contributed by atoms with Crippen LogP contribution in [0.3, 0.4) is 0 Å². The van der Waals surface area contributed by atoms with Crippen molar-refractivity contribution in [3.8, 4) is 0 Å². The molecule has 1 aliphatic rings. The second kappa shape index (κ2) is 11.6.